The number of pyridine rings is 1. The number of carbonyl (C=O) groups is 1. The highest BCUT2D eigenvalue weighted by atomic mass is 32.1. The van der Waals surface area contributed by atoms with Crippen molar-refractivity contribution in [3.05, 3.63) is 52.0 Å². The first kappa shape index (κ1) is 16.5. The van der Waals surface area contributed by atoms with Crippen molar-refractivity contribution < 1.29 is 9.69 Å². The number of quaternary nitrogens is 1. The number of carbonyl (C=O) groups excluding carboxylic acids is 1. The Hall–Kier alpha value is -2.95. The van der Waals surface area contributed by atoms with E-state index in [2.05, 4.69) is 24.5 Å². The number of fused-ring (bicyclic) bond motifs is 2. The molecule has 0 spiro atoms. The average Bonchev–Trinajstić information content (AvgIpc) is 2.96. The van der Waals surface area contributed by atoms with Gasteiger partial charge in [-0.25, -0.2) is 4.98 Å². The molecule has 1 aliphatic rings. The maximum Gasteiger partial charge on any atom is 0.267 e. The van der Waals surface area contributed by atoms with Crippen LogP contribution in [0.2, 0.25) is 0 Å². The standard InChI is InChI=1S/C19H17N5OS/c1-24-6-5-15-12(10-24)8-14-16(21)17(26-19(14)23-15)18(25)22-13-4-2-3-11(7-13)9-20/h2-4,7-8H,5-6,10,21H2,1H3,(H,22,25)/p+1. The number of nitrogens with one attached hydrogen (secondary N) is 2. The Kier molecular flexibility index (Phi) is 4.07. The van der Waals surface area contributed by atoms with E-state index >= 15 is 0 Å². The van der Waals surface area contributed by atoms with Crippen molar-refractivity contribution in [1.82, 2.24) is 4.98 Å². The highest BCUT2D eigenvalue weighted by molar-refractivity contribution is 7.21. The number of thiophene rings is 1. The average molecular weight is 364 g/mol. The van der Waals surface area contributed by atoms with Crippen LogP contribution < -0.4 is 16.0 Å². The van der Waals surface area contributed by atoms with Crippen molar-refractivity contribution >= 4 is 38.8 Å². The smallest absolute Gasteiger partial charge is 0.267 e. The molecule has 1 amide bonds. The third kappa shape index (κ3) is 2.90. The van der Waals surface area contributed by atoms with E-state index in [1.54, 1.807) is 24.3 Å². The molecule has 4 N–H and O–H groups in total. The number of rotatable bonds is 2. The monoisotopic (exact) mass is 364 g/mol. The zero-order valence-electron chi connectivity index (χ0n) is 14.3. The Morgan fingerprint density at radius 2 is 2.27 bits per heavy atom. The molecule has 26 heavy (non-hydrogen) atoms. The Morgan fingerprint density at radius 3 is 3.08 bits per heavy atom. The van der Waals surface area contributed by atoms with Gasteiger partial charge >= 0.3 is 0 Å². The first-order valence-electron chi connectivity index (χ1n) is 8.38. The molecule has 1 aromatic carbocycles. The summed E-state index contributed by atoms with van der Waals surface area (Å²) in [6, 6.07) is 11.0. The number of benzene rings is 1. The van der Waals surface area contributed by atoms with E-state index in [4.69, 9.17) is 16.0 Å². The largest absolute Gasteiger partial charge is 0.397 e. The van der Waals surface area contributed by atoms with E-state index in [1.807, 2.05) is 0 Å². The van der Waals surface area contributed by atoms with Crippen LogP contribution in [0.5, 0.6) is 0 Å². The Bertz CT molecular complexity index is 1070. The lowest BCUT2D eigenvalue weighted by Gasteiger charge is -2.21. The van der Waals surface area contributed by atoms with Gasteiger partial charge in [0.25, 0.3) is 5.91 Å². The molecule has 3 heterocycles. The number of nitrogens with two attached hydrogens (primary N) is 1. The number of likely N-dealkylation sites (N-methyl/N-ethyl adjacent to an activating group) is 1. The summed E-state index contributed by atoms with van der Waals surface area (Å²) in [4.78, 5) is 20.1. The molecule has 0 saturated carbocycles. The van der Waals surface area contributed by atoms with Gasteiger partial charge in [0, 0.05) is 23.1 Å². The molecule has 0 bridgehead atoms. The minimum Gasteiger partial charge on any atom is -0.397 e. The van der Waals surface area contributed by atoms with Crippen LogP contribution in [0.15, 0.2) is 30.3 Å². The Balaban J connectivity index is 1.69. The number of anilines is 2. The zero-order valence-corrected chi connectivity index (χ0v) is 15.1. The first-order chi connectivity index (χ1) is 12.5. The number of hydrogen-bond donors (Lipinski definition) is 3. The maximum absolute atomic E-state index is 12.7. The van der Waals surface area contributed by atoms with Gasteiger partial charge < -0.3 is 16.0 Å². The SMILES string of the molecule is C[NH+]1CCc2nc3sc(C(=O)Nc4cccc(C#N)c4)c(N)c3cc2C1. The van der Waals surface area contributed by atoms with Gasteiger partial charge in [-0.1, -0.05) is 6.07 Å². The van der Waals surface area contributed by atoms with Crippen LogP contribution in [0.25, 0.3) is 10.2 Å². The topological polar surface area (TPSA) is 96.2 Å². The summed E-state index contributed by atoms with van der Waals surface area (Å²) >= 11 is 1.31. The molecular formula is C19H18N5OS+. The van der Waals surface area contributed by atoms with Gasteiger partial charge in [0.15, 0.2) is 0 Å². The lowest BCUT2D eigenvalue weighted by Crippen LogP contribution is -3.08. The molecule has 1 aliphatic heterocycles. The summed E-state index contributed by atoms with van der Waals surface area (Å²) in [7, 11) is 2.17. The quantitative estimate of drug-likeness (QED) is 0.643. The number of aromatic nitrogens is 1. The van der Waals surface area contributed by atoms with Gasteiger partial charge in [-0.3, -0.25) is 4.79 Å². The van der Waals surface area contributed by atoms with E-state index in [-0.39, 0.29) is 5.91 Å². The highest BCUT2D eigenvalue weighted by Gasteiger charge is 2.23. The molecule has 3 aromatic rings. The lowest BCUT2D eigenvalue weighted by molar-refractivity contribution is -0.895. The molecule has 0 saturated heterocycles. The molecule has 130 valence electrons. The van der Waals surface area contributed by atoms with Crippen LogP contribution in [0, 0.1) is 11.3 Å². The summed E-state index contributed by atoms with van der Waals surface area (Å²) < 4.78 is 0. The van der Waals surface area contributed by atoms with Crippen LogP contribution in [0.1, 0.15) is 26.5 Å². The highest BCUT2D eigenvalue weighted by Crippen LogP contribution is 2.34. The minimum absolute atomic E-state index is 0.277. The van der Waals surface area contributed by atoms with Crippen molar-refractivity contribution in [3.8, 4) is 6.07 Å². The fraction of sp³-hybridized carbons (Fsp3) is 0.211. The molecule has 4 rings (SSSR count). The lowest BCUT2D eigenvalue weighted by atomic mass is 10.0. The second-order valence-corrected chi connectivity index (χ2v) is 7.57. The summed E-state index contributed by atoms with van der Waals surface area (Å²) in [5, 5.41) is 12.7. The molecule has 0 radical (unpaired) electrons. The molecule has 1 unspecified atom stereocenters. The molecule has 1 atom stereocenters. The van der Waals surface area contributed by atoms with Gasteiger partial charge in [0.1, 0.15) is 16.3 Å². The first-order valence-corrected chi connectivity index (χ1v) is 9.20. The van der Waals surface area contributed by atoms with Crippen LogP contribution >= 0.6 is 11.3 Å². The molecule has 0 aliphatic carbocycles. The van der Waals surface area contributed by atoms with E-state index in [0.717, 1.165) is 35.4 Å². The number of nitrogen functional groups attached to an aromatic ring is 1. The van der Waals surface area contributed by atoms with Gasteiger partial charge in [0.05, 0.1) is 36.6 Å². The predicted octanol–water partition coefficient (Wildman–Crippen LogP) is 1.57. The fourth-order valence-corrected chi connectivity index (χ4v) is 4.25. The van der Waals surface area contributed by atoms with Crippen molar-refractivity contribution in [1.29, 1.82) is 5.26 Å². The molecule has 0 fully saturated rings. The van der Waals surface area contributed by atoms with E-state index in [9.17, 15) is 4.79 Å². The van der Waals surface area contributed by atoms with Crippen molar-refractivity contribution in [3.63, 3.8) is 0 Å². The molecule has 6 nitrogen and oxygen atoms in total. The maximum atomic E-state index is 12.7. The Labute approximate surface area is 154 Å². The molecule has 2 aromatic heterocycles. The third-order valence-electron chi connectivity index (χ3n) is 4.63. The van der Waals surface area contributed by atoms with E-state index in [0.29, 0.717) is 21.8 Å². The second kappa shape index (κ2) is 6.41. The Morgan fingerprint density at radius 1 is 1.42 bits per heavy atom. The van der Waals surface area contributed by atoms with Crippen LogP contribution in [0.4, 0.5) is 11.4 Å². The number of amides is 1. The van der Waals surface area contributed by atoms with Gasteiger partial charge in [-0.15, -0.1) is 11.3 Å². The van der Waals surface area contributed by atoms with E-state index < -0.39 is 0 Å². The summed E-state index contributed by atoms with van der Waals surface area (Å²) in [5.74, 6) is -0.277. The normalized spacial score (nSPS) is 16.1. The van der Waals surface area contributed by atoms with Gasteiger partial charge in [-0.05, 0) is 24.3 Å². The van der Waals surface area contributed by atoms with Crippen LogP contribution in [0.3, 0.4) is 0 Å². The van der Waals surface area contributed by atoms with Gasteiger partial charge in [-0.2, -0.15) is 5.26 Å². The number of nitrogens with zero attached hydrogens (tertiary/aromatic N) is 2. The minimum atomic E-state index is -0.277. The van der Waals surface area contributed by atoms with Crippen LogP contribution in [-0.2, 0) is 13.0 Å². The molecule has 7 heteroatoms. The summed E-state index contributed by atoms with van der Waals surface area (Å²) in [6.07, 6.45) is 0.942. The summed E-state index contributed by atoms with van der Waals surface area (Å²) in [6.45, 7) is 1.99. The van der Waals surface area contributed by atoms with Crippen molar-refractivity contribution in [2.45, 2.75) is 13.0 Å². The predicted molar refractivity (Wildman–Crippen MR) is 102 cm³/mol. The van der Waals surface area contributed by atoms with Crippen molar-refractivity contribution in [2.24, 2.45) is 0 Å². The van der Waals surface area contributed by atoms with Crippen LogP contribution in [-0.4, -0.2) is 24.5 Å². The van der Waals surface area contributed by atoms with Crippen molar-refractivity contribution in [2.75, 3.05) is 24.6 Å². The number of hydrogen-bond acceptors (Lipinski definition) is 5. The summed E-state index contributed by atoms with van der Waals surface area (Å²) in [5.41, 5.74) is 10.1. The second-order valence-electron chi connectivity index (χ2n) is 6.57. The zero-order chi connectivity index (χ0) is 18.3. The molecular weight excluding hydrogens is 346 g/mol. The number of nitriles is 1. The fourth-order valence-electron chi connectivity index (χ4n) is 3.26. The van der Waals surface area contributed by atoms with E-state index in [1.165, 1.54) is 21.8 Å². The third-order valence-corrected chi connectivity index (χ3v) is 5.74. The van der Waals surface area contributed by atoms with Gasteiger partial charge in [0.2, 0.25) is 0 Å².